The Morgan fingerprint density at radius 3 is 2.15 bits per heavy atom. The van der Waals surface area contributed by atoms with Gasteiger partial charge in [0.25, 0.3) is 11.8 Å². The smallest absolute Gasteiger partial charge is 0.265 e. The Morgan fingerprint density at radius 2 is 1.55 bits per heavy atom. The molecule has 0 aliphatic heterocycles. The molecular formula is C22H22N4O5S2. The Labute approximate surface area is 195 Å². The molecule has 0 saturated heterocycles. The Morgan fingerprint density at radius 1 is 0.879 bits per heavy atom. The predicted molar refractivity (Wildman–Crippen MR) is 127 cm³/mol. The van der Waals surface area contributed by atoms with Gasteiger partial charge in [-0.2, -0.15) is 0 Å². The number of rotatable bonds is 8. The van der Waals surface area contributed by atoms with Crippen LogP contribution in [0.4, 0.5) is 11.4 Å². The second-order valence-electron chi connectivity index (χ2n) is 7.05. The molecule has 0 spiro atoms. The number of thiophene rings is 1. The quantitative estimate of drug-likeness (QED) is 0.451. The number of hydrogen-bond donors (Lipinski definition) is 3. The lowest BCUT2D eigenvalue weighted by Gasteiger charge is -2.12. The molecular weight excluding hydrogens is 464 g/mol. The van der Waals surface area contributed by atoms with Crippen LogP contribution in [0.25, 0.3) is 0 Å². The summed E-state index contributed by atoms with van der Waals surface area (Å²) in [4.78, 5) is 37.2. The van der Waals surface area contributed by atoms with E-state index in [9.17, 15) is 22.8 Å². The predicted octanol–water partition coefficient (Wildman–Crippen LogP) is 2.62. The number of benzene rings is 2. The van der Waals surface area contributed by atoms with Crippen molar-refractivity contribution >= 4 is 50.5 Å². The van der Waals surface area contributed by atoms with Gasteiger partial charge >= 0.3 is 0 Å². The zero-order chi connectivity index (χ0) is 24.0. The van der Waals surface area contributed by atoms with Crippen molar-refractivity contribution in [3.8, 4) is 0 Å². The Bertz CT molecular complexity index is 1250. The summed E-state index contributed by atoms with van der Waals surface area (Å²) in [5.74, 6) is -1.25. The number of anilines is 2. The maximum atomic E-state index is 12.4. The van der Waals surface area contributed by atoms with Gasteiger partial charge < -0.3 is 16.0 Å². The van der Waals surface area contributed by atoms with Gasteiger partial charge in [-0.1, -0.05) is 12.1 Å². The summed E-state index contributed by atoms with van der Waals surface area (Å²) >= 11 is 1.34. The summed E-state index contributed by atoms with van der Waals surface area (Å²) in [7, 11) is -0.882. The van der Waals surface area contributed by atoms with E-state index in [1.165, 1.54) is 49.7 Å². The Hall–Kier alpha value is -3.54. The monoisotopic (exact) mass is 486 g/mol. The molecule has 0 aliphatic rings. The van der Waals surface area contributed by atoms with E-state index < -0.39 is 21.8 Å². The molecule has 1 aromatic heterocycles. The molecule has 2 aromatic carbocycles. The van der Waals surface area contributed by atoms with Crippen molar-refractivity contribution in [2.75, 3.05) is 31.3 Å². The third-order valence-corrected chi connectivity index (χ3v) is 7.14. The second kappa shape index (κ2) is 10.4. The van der Waals surface area contributed by atoms with E-state index in [2.05, 4.69) is 16.0 Å². The number of carbonyl (C=O) groups is 3. The van der Waals surface area contributed by atoms with E-state index in [-0.39, 0.29) is 22.9 Å². The van der Waals surface area contributed by atoms with E-state index >= 15 is 0 Å². The molecule has 11 heteroatoms. The second-order valence-corrected chi connectivity index (χ2v) is 10.2. The molecule has 1 heterocycles. The first-order valence-corrected chi connectivity index (χ1v) is 12.0. The van der Waals surface area contributed by atoms with Gasteiger partial charge in [0.2, 0.25) is 15.9 Å². The summed E-state index contributed by atoms with van der Waals surface area (Å²) < 4.78 is 25.5. The molecule has 3 N–H and O–H groups in total. The van der Waals surface area contributed by atoms with E-state index in [1.807, 2.05) is 5.38 Å². The lowest BCUT2D eigenvalue weighted by Crippen LogP contribution is -2.33. The van der Waals surface area contributed by atoms with E-state index in [0.717, 1.165) is 4.31 Å². The van der Waals surface area contributed by atoms with Crippen LogP contribution in [0.2, 0.25) is 0 Å². The lowest BCUT2D eigenvalue weighted by molar-refractivity contribution is -0.115. The van der Waals surface area contributed by atoms with Crippen molar-refractivity contribution in [3.63, 3.8) is 0 Å². The first kappa shape index (κ1) is 24.1. The molecule has 0 radical (unpaired) electrons. The molecule has 0 bridgehead atoms. The molecule has 0 fully saturated rings. The molecule has 3 aromatic rings. The van der Waals surface area contributed by atoms with E-state index in [0.29, 0.717) is 16.3 Å². The van der Waals surface area contributed by atoms with Crippen LogP contribution >= 0.6 is 11.3 Å². The average Bonchev–Trinajstić information content (AvgIpc) is 3.34. The molecule has 0 unspecified atom stereocenters. The zero-order valence-electron chi connectivity index (χ0n) is 17.9. The van der Waals surface area contributed by atoms with Gasteiger partial charge in [0.1, 0.15) is 0 Å². The highest BCUT2D eigenvalue weighted by molar-refractivity contribution is 7.89. The van der Waals surface area contributed by atoms with Gasteiger partial charge in [0, 0.05) is 31.0 Å². The molecule has 0 atom stereocenters. The average molecular weight is 487 g/mol. The van der Waals surface area contributed by atoms with Crippen LogP contribution in [0.3, 0.4) is 0 Å². The maximum absolute atomic E-state index is 12.4. The van der Waals surface area contributed by atoms with Crippen molar-refractivity contribution in [2.24, 2.45) is 0 Å². The van der Waals surface area contributed by atoms with Crippen LogP contribution in [-0.4, -0.2) is 51.1 Å². The number of carbonyl (C=O) groups excluding carboxylic acids is 3. The highest BCUT2D eigenvalue weighted by atomic mass is 32.2. The molecule has 0 saturated carbocycles. The molecule has 9 nitrogen and oxygen atoms in total. The summed E-state index contributed by atoms with van der Waals surface area (Å²) in [6.07, 6.45) is 0. The zero-order valence-corrected chi connectivity index (χ0v) is 19.5. The Kier molecular flexibility index (Phi) is 7.59. The van der Waals surface area contributed by atoms with E-state index in [4.69, 9.17) is 0 Å². The summed E-state index contributed by atoms with van der Waals surface area (Å²) in [5.41, 5.74) is 1.19. The van der Waals surface area contributed by atoms with Crippen molar-refractivity contribution in [2.45, 2.75) is 4.90 Å². The van der Waals surface area contributed by atoms with Gasteiger partial charge in [-0.05, 0) is 53.9 Å². The van der Waals surface area contributed by atoms with Crippen LogP contribution in [-0.2, 0) is 14.8 Å². The van der Waals surface area contributed by atoms with Crippen molar-refractivity contribution in [3.05, 3.63) is 76.5 Å². The summed E-state index contributed by atoms with van der Waals surface area (Å²) in [6, 6.07) is 15.6. The van der Waals surface area contributed by atoms with Gasteiger partial charge in [0.05, 0.1) is 16.3 Å². The topological polar surface area (TPSA) is 125 Å². The fourth-order valence-electron chi connectivity index (χ4n) is 2.71. The first-order valence-electron chi connectivity index (χ1n) is 9.72. The summed E-state index contributed by atoms with van der Waals surface area (Å²) in [6.45, 7) is -0.305. The molecule has 0 aliphatic carbocycles. The number of hydrogen-bond acceptors (Lipinski definition) is 6. The van der Waals surface area contributed by atoms with E-state index in [1.54, 1.807) is 36.4 Å². The number of nitrogens with zero attached hydrogens (tertiary/aromatic N) is 1. The van der Waals surface area contributed by atoms with Gasteiger partial charge in [-0.15, -0.1) is 11.3 Å². The van der Waals surface area contributed by atoms with Crippen LogP contribution in [0, 0.1) is 0 Å². The standard InChI is InChI=1S/C22H22N4O5S2/c1-26(2)33(30,31)18-6-3-5-15(13-18)21(28)23-14-20(27)24-16-8-10-17(11-9-16)25-22(29)19-7-4-12-32-19/h3-13H,14H2,1-2H3,(H,23,28)(H,24,27)(H,25,29). The fraction of sp³-hybridized carbons (Fsp3) is 0.136. The number of nitrogens with one attached hydrogen (secondary N) is 3. The Balaban J connectivity index is 1.53. The number of sulfonamides is 1. The van der Waals surface area contributed by atoms with Crippen LogP contribution in [0.15, 0.2) is 70.9 Å². The third-order valence-electron chi connectivity index (χ3n) is 4.46. The largest absolute Gasteiger partial charge is 0.343 e. The highest BCUT2D eigenvalue weighted by Gasteiger charge is 2.19. The third kappa shape index (κ3) is 6.25. The van der Waals surface area contributed by atoms with Crippen molar-refractivity contribution in [1.82, 2.24) is 9.62 Å². The van der Waals surface area contributed by atoms with Crippen molar-refractivity contribution < 1.29 is 22.8 Å². The lowest BCUT2D eigenvalue weighted by atomic mass is 10.2. The summed E-state index contributed by atoms with van der Waals surface area (Å²) in [5, 5.41) is 9.68. The molecule has 33 heavy (non-hydrogen) atoms. The number of amides is 3. The molecule has 3 rings (SSSR count). The highest BCUT2D eigenvalue weighted by Crippen LogP contribution is 2.17. The van der Waals surface area contributed by atoms with Crippen molar-refractivity contribution in [1.29, 1.82) is 0 Å². The van der Waals surface area contributed by atoms with Crippen LogP contribution < -0.4 is 16.0 Å². The normalized spacial score (nSPS) is 11.1. The molecule has 172 valence electrons. The minimum absolute atomic E-state index is 0.0177. The maximum Gasteiger partial charge on any atom is 0.265 e. The molecule has 3 amide bonds. The SMILES string of the molecule is CN(C)S(=O)(=O)c1cccc(C(=O)NCC(=O)Nc2ccc(NC(=O)c3cccs3)cc2)c1. The first-order chi connectivity index (χ1) is 15.7. The van der Waals surface area contributed by atoms with Gasteiger partial charge in [-0.3, -0.25) is 14.4 Å². The minimum atomic E-state index is -3.68. The van der Waals surface area contributed by atoms with Crippen LogP contribution in [0.5, 0.6) is 0 Å². The minimum Gasteiger partial charge on any atom is -0.343 e. The van der Waals surface area contributed by atoms with Gasteiger partial charge in [-0.25, -0.2) is 12.7 Å². The van der Waals surface area contributed by atoms with Crippen LogP contribution in [0.1, 0.15) is 20.0 Å². The fourth-order valence-corrected chi connectivity index (χ4v) is 4.28. The van der Waals surface area contributed by atoms with Gasteiger partial charge in [0.15, 0.2) is 0 Å².